The van der Waals surface area contributed by atoms with Crippen LogP contribution >= 0.6 is 11.6 Å². The Kier molecular flexibility index (Phi) is 5.99. The fourth-order valence-corrected chi connectivity index (χ4v) is 2.38. The number of hydrogen-bond acceptors (Lipinski definition) is 5. The molecule has 2 aromatic carbocycles. The van der Waals surface area contributed by atoms with Crippen molar-refractivity contribution in [3.63, 3.8) is 0 Å². The third kappa shape index (κ3) is 3.85. The Hall–Kier alpha value is -2.87. The lowest BCUT2D eigenvalue weighted by atomic mass is 10.1. The molecule has 9 heteroatoms. The second-order valence-electron chi connectivity index (χ2n) is 4.94. The molecule has 0 aliphatic heterocycles. The van der Waals surface area contributed by atoms with Crippen molar-refractivity contribution in [1.82, 2.24) is 0 Å². The van der Waals surface area contributed by atoms with Gasteiger partial charge in [0.25, 0.3) is 5.91 Å². The minimum atomic E-state index is -1.24. The van der Waals surface area contributed by atoms with Crippen molar-refractivity contribution in [2.45, 2.75) is 0 Å². The van der Waals surface area contributed by atoms with Crippen molar-refractivity contribution in [2.24, 2.45) is 0 Å². The molecule has 0 fully saturated rings. The van der Waals surface area contributed by atoms with Gasteiger partial charge in [-0.05, 0) is 12.1 Å². The molecule has 2 aromatic rings. The van der Waals surface area contributed by atoms with E-state index in [9.17, 15) is 18.4 Å². The van der Waals surface area contributed by atoms with Crippen molar-refractivity contribution in [3.05, 3.63) is 52.0 Å². The Balaban J connectivity index is 2.49. The zero-order chi connectivity index (χ0) is 19.4. The summed E-state index contributed by atoms with van der Waals surface area (Å²) in [7, 11) is 3.91. The van der Waals surface area contributed by atoms with Gasteiger partial charge in [0.2, 0.25) is 0 Å². The zero-order valence-electron chi connectivity index (χ0n) is 14.0. The molecule has 0 bridgehead atoms. The molecule has 0 heterocycles. The Morgan fingerprint density at radius 1 is 0.923 bits per heavy atom. The lowest BCUT2D eigenvalue weighted by Crippen LogP contribution is -2.17. The maximum Gasteiger partial charge on any atom is 0.340 e. The molecule has 0 atom stereocenters. The first-order valence-corrected chi connectivity index (χ1v) is 7.50. The van der Waals surface area contributed by atoms with E-state index in [1.54, 1.807) is 0 Å². The van der Waals surface area contributed by atoms with Gasteiger partial charge in [0, 0.05) is 12.1 Å². The Labute approximate surface area is 152 Å². The summed E-state index contributed by atoms with van der Waals surface area (Å²) in [6.45, 7) is 0. The number of methoxy groups -OCH3 is 3. The molecular weight excluding hydrogens is 372 g/mol. The normalized spacial score (nSPS) is 10.2. The van der Waals surface area contributed by atoms with Crippen LogP contribution in [0.15, 0.2) is 24.3 Å². The predicted molar refractivity (Wildman–Crippen MR) is 90.2 cm³/mol. The molecule has 2 rings (SSSR count). The summed E-state index contributed by atoms with van der Waals surface area (Å²) in [4.78, 5) is 24.4. The molecule has 0 saturated carbocycles. The second-order valence-corrected chi connectivity index (χ2v) is 5.35. The molecule has 1 N–H and O–H groups in total. The lowest BCUT2D eigenvalue weighted by molar-refractivity contribution is 0.0601. The van der Waals surface area contributed by atoms with Crippen molar-refractivity contribution < 1.29 is 32.6 Å². The van der Waals surface area contributed by atoms with Crippen LogP contribution in [0.4, 0.5) is 14.5 Å². The van der Waals surface area contributed by atoms with Crippen LogP contribution in [-0.4, -0.2) is 33.2 Å². The van der Waals surface area contributed by atoms with E-state index in [1.807, 2.05) is 0 Å². The number of hydrogen-bond donors (Lipinski definition) is 1. The molecule has 0 aliphatic rings. The number of anilines is 1. The maximum atomic E-state index is 13.4. The number of rotatable bonds is 5. The SMILES string of the molecule is COC(=O)c1cc(OC)c(OC)cc1NC(=O)c1cc(F)c(F)cc1Cl. The van der Waals surface area contributed by atoms with Crippen LogP contribution in [0.25, 0.3) is 0 Å². The monoisotopic (exact) mass is 385 g/mol. The Morgan fingerprint density at radius 3 is 2.08 bits per heavy atom. The molecule has 26 heavy (non-hydrogen) atoms. The highest BCUT2D eigenvalue weighted by Gasteiger charge is 2.21. The van der Waals surface area contributed by atoms with Gasteiger partial charge in [0.1, 0.15) is 0 Å². The number of esters is 1. The predicted octanol–water partition coefficient (Wildman–Crippen LogP) is 3.67. The van der Waals surface area contributed by atoms with Crippen LogP contribution in [0.1, 0.15) is 20.7 Å². The van der Waals surface area contributed by atoms with Crippen LogP contribution in [0.5, 0.6) is 11.5 Å². The fourth-order valence-electron chi connectivity index (χ4n) is 2.15. The van der Waals surface area contributed by atoms with Gasteiger partial charge in [0.15, 0.2) is 23.1 Å². The molecule has 138 valence electrons. The highest BCUT2D eigenvalue weighted by Crippen LogP contribution is 2.34. The van der Waals surface area contributed by atoms with Crippen LogP contribution in [-0.2, 0) is 4.74 Å². The van der Waals surface area contributed by atoms with Gasteiger partial charge in [-0.15, -0.1) is 0 Å². The first kappa shape index (κ1) is 19.5. The molecule has 1 amide bonds. The minimum absolute atomic E-state index is 0.0142. The van der Waals surface area contributed by atoms with E-state index in [0.717, 1.165) is 7.11 Å². The molecular formula is C17H14ClF2NO5. The molecule has 0 aliphatic carbocycles. The molecule has 0 aromatic heterocycles. The second kappa shape index (κ2) is 8.01. The van der Waals surface area contributed by atoms with E-state index < -0.39 is 23.5 Å². The van der Waals surface area contributed by atoms with E-state index in [4.69, 9.17) is 21.1 Å². The lowest BCUT2D eigenvalue weighted by Gasteiger charge is -2.15. The average molecular weight is 386 g/mol. The minimum Gasteiger partial charge on any atom is -0.493 e. The molecule has 0 saturated heterocycles. The largest absolute Gasteiger partial charge is 0.493 e. The summed E-state index contributed by atoms with van der Waals surface area (Å²) < 4.78 is 41.5. The quantitative estimate of drug-likeness (QED) is 0.628. The van der Waals surface area contributed by atoms with Crippen molar-refractivity contribution in [3.8, 4) is 11.5 Å². The molecule has 0 unspecified atom stereocenters. The number of halogens is 3. The Morgan fingerprint density at radius 2 is 1.50 bits per heavy atom. The summed E-state index contributed by atoms with van der Waals surface area (Å²) in [6, 6.07) is 3.98. The van der Waals surface area contributed by atoms with E-state index >= 15 is 0 Å². The van der Waals surface area contributed by atoms with Gasteiger partial charge < -0.3 is 19.5 Å². The summed E-state index contributed by atoms with van der Waals surface area (Å²) in [5, 5.41) is 2.12. The van der Waals surface area contributed by atoms with Gasteiger partial charge in [-0.2, -0.15) is 0 Å². The van der Waals surface area contributed by atoms with Crippen LogP contribution in [0.2, 0.25) is 5.02 Å². The third-order valence-electron chi connectivity index (χ3n) is 3.43. The van der Waals surface area contributed by atoms with Gasteiger partial charge in [-0.25, -0.2) is 13.6 Å². The van der Waals surface area contributed by atoms with E-state index in [0.29, 0.717) is 12.1 Å². The first-order chi connectivity index (χ1) is 12.3. The summed E-state index contributed by atoms with van der Waals surface area (Å²) >= 11 is 5.79. The van der Waals surface area contributed by atoms with Gasteiger partial charge in [0.05, 0.1) is 43.2 Å². The van der Waals surface area contributed by atoms with Crippen molar-refractivity contribution >= 4 is 29.2 Å². The summed E-state index contributed by atoms with van der Waals surface area (Å²) in [5.41, 5.74) is -0.325. The fraction of sp³-hybridized carbons (Fsp3) is 0.176. The van der Waals surface area contributed by atoms with Crippen LogP contribution in [0.3, 0.4) is 0 Å². The maximum absolute atomic E-state index is 13.4. The number of nitrogens with one attached hydrogen (secondary N) is 1. The smallest absolute Gasteiger partial charge is 0.340 e. The van der Waals surface area contributed by atoms with E-state index in [2.05, 4.69) is 10.1 Å². The number of carbonyl (C=O) groups excluding carboxylic acids is 2. The number of amides is 1. The van der Waals surface area contributed by atoms with Gasteiger partial charge in [-0.3, -0.25) is 4.79 Å². The van der Waals surface area contributed by atoms with Crippen LogP contribution in [0, 0.1) is 11.6 Å². The Bertz CT molecular complexity index is 873. The van der Waals surface area contributed by atoms with Crippen molar-refractivity contribution in [2.75, 3.05) is 26.6 Å². The van der Waals surface area contributed by atoms with Crippen molar-refractivity contribution in [1.29, 1.82) is 0 Å². The number of benzene rings is 2. The third-order valence-corrected chi connectivity index (χ3v) is 3.74. The summed E-state index contributed by atoms with van der Waals surface area (Å²) in [6.07, 6.45) is 0. The standard InChI is InChI=1S/C17H14ClF2NO5/c1-24-14-5-9(17(23)26-3)13(7-15(14)25-2)21-16(22)8-4-11(19)12(20)6-10(8)18/h4-7H,1-3H3,(H,21,22). The van der Waals surface area contributed by atoms with Gasteiger partial charge in [-0.1, -0.05) is 11.6 Å². The number of ether oxygens (including phenoxy) is 3. The molecule has 6 nitrogen and oxygen atoms in total. The molecule has 0 radical (unpaired) electrons. The first-order valence-electron chi connectivity index (χ1n) is 7.12. The highest BCUT2D eigenvalue weighted by atomic mass is 35.5. The topological polar surface area (TPSA) is 73.9 Å². The molecule has 0 spiro atoms. The van der Waals surface area contributed by atoms with E-state index in [-0.39, 0.29) is 33.3 Å². The van der Waals surface area contributed by atoms with Gasteiger partial charge >= 0.3 is 5.97 Å². The average Bonchev–Trinajstić information content (AvgIpc) is 2.63. The highest BCUT2D eigenvalue weighted by molar-refractivity contribution is 6.34. The van der Waals surface area contributed by atoms with E-state index in [1.165, 1.54) is 26.4 Å². The zero-order valence-corrected chi connectivity index (χ0v) is 14.7. The van der Waals surface area contributed by atoms with Crippen LogP contribution < -0.4 is 14.8 Å². The summed E-state index contributed by atoms with van der Waals surface area (Å²) in [5.74, 6) is -3.57. The number of carbonyl (C=O) groups is 2.